The van der Waals surface area contributed by atoms with E-state index in [0.29, 0.717) is 6.54 Å². The molecular weight excluding hydrogens is 200 g/mol. The lowest BCUT2D eigenvalue weighted by Gasteiger charge is -2.11. The third kappa shape index (κ3) is 4.31. The fraction of sp³-hybridized carbons (Fsp3) is 0.538. The highest BCUT2D eigenvalue weighted by Gasteiger charge is 2.01. The van der Waals surface area contributed by atoms with E-state index in [-0.39, 0.29) is 12.6 Å². The van der Waals surface area contributed by atoms with Crippen molar-refractivity contribution in [1.82, 2.24) is 5.32 Å². The van der Waals surface area contributed by atoms with Crippen LogP contribution in [0.5, 0.6) is 0 Å². The van der Waals surface area contributed by atoms with E-state index in [9.17, 15) is 0 Å². The van der Waals surface area contributed by atoms with Crippen LogP contribution < -0.4 is 11.1 Å². The normalized spacial score (nSPS) is 12.8. The van der Waals surface area contributed by atoms with Crippen molar-refractivity contribution in [3.05, 3.63) is 34.9 Å². The summed E-state index contributed by atoms with van der Waals surface area (Å²) in [4.78, 5) is 0. The Morgan fingerprint density at radius 1 is 1.38 bits per heavy atom. The molecule has 0 saturated carbocycles. The summed E-state index contributed by atoms with van der Waals surface area (Å²) in [7, 11) is 0. The van der Waals surface area contributed by atoms with Crippen molar-refractivity contribution in [2.24, 2.45) is 5.73 Å². The van der Waals surface area contributed by atoms with Crippen LogP contribution in [0.1, 0.15) is 16.7 Å². The van der Waals surface area contributed by atoms with Crippen LogP contribution in [-0.4, -0.2) is 30.8 Å². The lowest BCUT2D eigenvalue weighted by Crippen LogP contribution is -2.37. The number of rotatable bonds is 6. The van der Waals surface area contributed by atoms with E-state index in [1.54, 1.807) is 0 Å². The monoisotopic (exact) mass is 222 g/mol. The first-order chi connectivity index (χ1) is 7.63. The van der Waals surface area contributed by atoms with Gasteiger partial charge in [-0.2, -0.15) is 0 Å². The van der Waals surface area contributed by atoms with Crippen LogP contribution in [0.3, 0.4) is 0 Å². The minimum Gasteiger partial charge on any atom is -0.395 e. The van der Waals surface area contributed by atoms with Gasteiger partial charge in [0.1, 0.15) is 0 Å². The van der Waals surface area contributed by atoms with Crippen molar-refractivity contribution in [2.75, 3.05) is 19.7 Å². The molecule has 1 rings (SSSR count). The number of hydrogen-bond acceptors (Lipinski definition) is 3. The Balaban J connectivity index is 2.34. The van der Waals surface area contributed by atoms with Crippen LogP contribution in [0.2, 0.25) is 0 Å². The number of aliphatic hydroxyl groups is 1. The first kappa shape index (κ1) is 13.2. The van der Waals surface area contributed by atoms with E-state index in [0.717, 1.165) is 13.0 Å². The van der Waals surface area contributed by atoms with Gasteiger partial charge in [-0.3, -0.25) is 0 Å². The highest BCUT2D eigenvalue weighted by molar-refractivity contribution is 5.30. The maximum atomic E-state index is 8.77. The Bertz CT molecular complexity index is 326. The number of nitrogens with two attached hydrogens (primary N) is 1. The molecule has 0 spiro atoms. The Kier molecular flexibility index (Phi) is 5.46. The van der Waals surface area contributed by atoms with Gasteiger partial charge in [-0.1, -0.05) is 23.8 Å². The topological polar surface area (TPSA) is 58.3 Å². The predicted octanol–water partition coefficient (Wildman–Crippen LogP) is 0.755. The van der Waals surface area contributed by atoms with Crippen molar-refractivity contribution in [2.45, 2.75) is 26.3 Å². The molecule has 0 amide bonds. The van der Waals surface area contributed by atoms with Crippen molar-refractivity contribution >= 4 is 0 Å². The second kappa shape index (κ2) is 6.63. The molecule has 0 saturated heterocycles. The molecule has 3 heteroatoms. The number of aliphatic hydroxyl groups excluding tert-OH is 1. The minimum atomic E-state index is -0.154. The van der Waals surface area contributed by atoms with Gasteiger partial charge in [0.15, 0.2) is 0 Å². The molecule has 16 heavy (non-hydrogen) atoms. The highest BCUT2D eigenvalue weighted by atomic mass is 16.3. The van der Waals surface area contributed by atoms with Gasteiger partial charge in [0.25, 0.3) is 0 Å². The standard InChI is InChI=1S/C13H22N2O/c1-10-3-4-11(2)12(7-10)5-6-15-8-13(14)9-16/h3-4,7,13,15-16H,5-6,8-9,14H2,1-2H3. The summed E-state index contributed by atoms with van der Waals surface area (Å²) < 4.78 is 0. The molecule has 1 atom stereocenters. The quantitative estimate of drug-likeness (QED) is 0.623. The number of nitrogens with one attached hydrogen (secondary N) is 1. The Labute approximate surface area is 97.7 Å². The van der Waals surface area contributed by atoms with Crippen molar-refractivity contribution in [3.8, 4) is 0 Å². The summed E-state index contributed by atoms with van der Waals surface area (Å²) in [6.07, 6.45) is 1.01. The van der Waals surface area contributed by atoms with Crippen LogP contribution in [0.15, 0.2) is 18.2 Å². The van der Waals surface area contributed by atoms with E-state index < -0.39 is 0 Å². The molecule has 0 heterocycles. The van der Waals surface area contributed by atoms with Gasteiger partial charge >= 0.3 is 0 Å². The van der Waals surface area contributed by atoms with Crippen LogP contribution >= 0.6 is 0 Å². The number of benzene rings is 1. The second-order valence-electron chi connectivity index (χ2n) is 4.33. The maximum Gasteiger partial charge on any atom is 0.0594 e. The SMILES string of the molecule is Cc1ccc(C)c(CCNCC(N)CO)c1. The predicted molar refractivity (Wildman–Crippen MR) is 67.6 cm³/mol. The van der Waals surface area contributed by atoms with E-state index in [1.807, 2.05) is 0 Å². The smallest absolute Gasteiger partial charge is 0.0594 e. The zero-order chi connectivity index (χ0) is 12.0. The molecule has 0 aliphatic carbocycles. The number of aryl methyl sites for hydroxylation is 2. The van der Waals surface area contributed by atoms with Crippen LogP contribution in [0, 0.1) is 13.8 Å². The molecule has 0 radical (unpaired) electrons. The number of hydrogen-bond donors (Lipinski definition) is 3. The van der Waals surface area contributed by atoms with Crippen LogP contribution in [0.4, 0.5) is 0 Å². The summed E-state index contributed by atoms with van der Waals surface area (Å²) in [5, 5.41) is 12.0. The van der Waals surface area contributed by atoms with E-state index in [1.165, 1.54) is 16.7 Å². The van der Waals surface area contributed by atoms with Crippen molar-refractivity contribution < 1.29 is 5.11 Å². The molecule has 1 aromatic carbocycles. The van der Waals surface area contributed by atoms with Gasteiger partial charge in [-0.15, -0.1) is 0 Å². The van der Waals surface area contributed by atoms with E-state index >= 15 is 0 Å². The van der Waals surface area contributed by atoms with Gasteiger partial charge in [0.05, 0.1) is 6.61 Å². The van der Waals surface area contributed by atoms with Gasteiger partial charge in [0, 0.05) is 12.6 Å². The molecule has 0 aromatic heterocycles. The molecule has 1 aromatic rings. The largest absolute Gasteiger partial charge is 0.395 e. The summed E-state index contributed by atoms with van der Waals surface area (Å²) in [6, 6.07) is 6.36. The Morgan fingerprint density at radius 3 is 2.81 bits per heavy atom. The molecule has 4 N–H and O–H groups in total. The summed E-state index contributed by atoms with van der Waals surface area (Å²) in [5.41, 5.74) is 9.60. The highest BCUT2D eigenvalue weighted by Crippen LogP contribution is 2.10. The summed E-state index contributed by atoms with van der Waals surface area (Å²) in [6.45, 7) is 5.85. The van der Waals surface area contributed by atoms with Crippen LogP contribution in [-0.2, 0) is 6.42 Å². The Hall–Kier alpha value is -0.900. The van der Waals surface area contributed by atoms with Crippen molar-refractivity contribution in [3.63, 3.8) is 0 Å². The lowest BCUT2D eigenvalue weighted by molar-refractivity contribution is 0.262. The van der Waals surface area contributed by atoms with E-state index in [2.05, 4.69) is 37.4 Å². The second-order valence-corrected chi connectivity index (χ2v) is 4.33. The third-order valence-corrected chi connectivity index (χ3v) is 2.72. The summed E-state index contributed by atoms with van der Waals surface area (Å²) in [5.74, 6) is 0. The van der Waals surface area contributed by atoms with Gasteiger partial charge in [0.2, 0.25) is 0 Å². The summed E-state index contributed by atoms with van der Waals surface area (Å²) >= 11 is 0. The fourth-order valence-electron chi connectivity index (χ4n) is 1.64. The molecule has 0 bridgehead atoms. The lowest BCUT2D eigenvalue weighted by atomic mass is 10.0. The zero-order valence-corrected chi connectivity index (χ0v) is 10.2. The maximum absolute atomic E-state index is 8.77. The van der Waals surface area contributed by atoms with Crippen LogP contribution in [0.25, 0.3) is 0 Å². The first-order valence-corrected chi connectivity index (χ1v) is 5.76. The van der Waals surface area contributed by atoms with Gasteiger partial charge in [-0.05, 0) is 37.9 Å². The molecule has 0 aliphatic heterocycles. The average molecular weight is 222 g/mol. The molecule has 3 nitrogen and oxygen atoms in total. The molecular formula is C13H22N2O. The van der Waals surface area contributed by atoms with Gasteiger partial charge in [-0.25, -0.2) is 0 Å². The molecule has 90 valence electrons. The fourth-order valence-corrected chi connectivity index (χ4v) is 1.64. The minimum absolute atomic E-state index is 0.0382. The first-order valence-electron chi connectivity index (χ1n) is 5.76. The van der Waals surface area contributed by atoms with Crippen molar-refractivity contribution in [1.29, 1.82) is 0 Å². The third-order valence-electron chi connectivity index (χ3n) is 2.72. The Morgan fingerprint density at radius 2 is 2.12 bits per heavy atom. The van der Waals surface area contributed by atoms with Gasteiger partial charge < -0.3 is 16.2 Å². The van der Waals surface area contributed by atoms with E-state index in [4.69, 9.17) is 10.8 Å². The molecule has 1 unspecified atom stereocenters. The average Bonchev–Trinajstić information content (AvgIpc) is 2.28. The molecule has 0 fully saturated rings. The molecule has 0 aliphatic rings. The zero-order valence-electron chi connectivity index (χ0n) is 10.2.